The second-order valence-electron chi connectivity index (χ2n) is 7.44. The summed E-state index contributed by atoms with van der Waals surface area (Å²) >= 11 is 0. The van der Waals surface area contributed by atoms with E-state index in [4.69, 9.17) is 4.74 Å². The zero-order valence-electron chi connectivity index (χ0n) is 15.2. The lowest BCUT2D eigenvalue weighted by molar-refractivity contribution is -0.132. The Balaban J connectivity index is 1.72. The number of hydrogen-bond acceptors (Lipinski definition) is 4. The van der Waals surface area contributed by atoms with Gasteiger partial charge in [0.2, 0.25) is 5.91 Å². The van der Waals surface area contributed by atoms with Crippen molar-refractivity contribution in [3.63, 3.8) is 0 Å². The van der Waals surface area contributed by atoms with E-state index >= 15 is 0 Å². The lowest BCUT2D eigenvalue weighted by Gasteiger charge is -2.26. The summed E-state index contributed by atoms with van der Waals surface area (Å²) in [5, 5.41) is 0. The van der Waals surface area contributed by atoms with Crippen LogP contribution in [0.5, 0.6) is 5.75 Å². The molecule has 1 amide bonds. The standard InChI is InChI=1S/C19H27NO4S/c1-13-10-15(6-7-18(13)24-3)17(14-4-5-14)11-19(21)20(2)16-8-9-25(22,23)12-16/h6-7,10,14,16-17H,4-5,8-9,11-12H2,1-3H3. The number of hydrogen-bond donors (Lipinski definition) is 0. The normalized spacial score (nSPS) is 23.2. The van der Waals surface area contributed by atoms with Gasteiger partial charge in [-0.1, -0.05) is 12.1 Å². The summed E-state index contributed by atoms with van der Waals surface area (Å²) in [6.45, 7) is 2.02. The molecule has 0 aromatic heterocycles. The molecule has 0 N–H and O–H groups in total. The number of carbonyl (C=O) groups excluding carboxylic acids is 1. The van der Waals surface area contributed by atoms with Gasteiger partial charge in [-0.2, -0.15) is 0 Å². The van der Waals surface area contributed by atoms with Crippen LogP contribution in [0.2, 0.25) is 0 Å². The van der Waals surface area contributed by atoms with Gasteiger partial charge in [0.1, 0.15) is 5.75 Å². The van der Waals surface area contributed by atoms with Gasteiger partial charge >= 0.3 is 0 Å². The average Bonchev–Trinajstić information content (AvgIpc) is 3.34. The minimum absolute atomic E-state index is 0.0486. The molecule has 2 atom stereocenters. The summed E-state index contributed by atoms with van der Waals surface area (Å²) in [7, 11) is 0.429. The van der Waals surface area contributed by atoms with Crippen molar-refractivity contribution >= 4 is 15.7 Å². The predicted molar refractivity (Wildman–Crippen MR) is 97.6 cm³/mol. The van der Waals surface area contributed by atoms with Crippen LogP contribution in [0.1, 0.15) is 42.7 Å². The first-order valence-corrected chi connectivity index (χ1v) is 10.7. The van der Waals surface area contributed by atoms with E-state index in [1.165, 1.54) is 5.56 Å². The maximum atomic E-state index is 12.8. The van der Waals surface area contributed by atoms with Crippen molar-refractivity contribution < 1.29 is 17.9 Å². The molecule has 6 heteroatoms. The number of aryl methyl sites for hydroxylation is 1. The van der Waals surface area contributed by atoms with Gasteiger partial charge in [-0.15, -0.1) is 0 Å². The molecule has 2 unspecified atom stereocenters. The number of ether oxygens (including phenoxy) is 1. The van der Waals surface area contributed by atoms with Crippen LogP contribution >= 0.6 is 0 Å². The molecule has 2 fully saturated rings. The van der Waals surface area contributed by atoms with Crippen LogP contribution in [0.25, 0.3) is 0 Å². The van der Waals surface area contributed by atoms with E-state index in [0.717, 1.165) is 24.2 Å². The van der Waals surface area contributed by atoms with Crippen LogP contribution in [0.15, 0.2) is 18.2 Å². The largest absolute Gasteiger partial charge is 0.496 e. The first-order valence-electron chi connectivity index (χ1n) is 8.91. The fraction of sp³-hybridized carbons (Fsp3) is 0.632. The molecule has 1 aliphatic heterocycles. The van der Waals surface area contributed by atoms with Crippen LogP contribution in [-0.4, -0.2) is 50.9 Å². The molecule has 1 heterocycles. The zero-order valence-corrected chi connectivity index (χ0v) is 16.0. The zero-order chi connectivity index (χ0) is 18.2. The van der Waals surface area contributed by atoms with E-state index in [2.05, 4.69) is 12.1 Å². The third-order valence-electron chi connectivity index (χ3n) is 5.58. The molecule has 1 saturated heterocycles. The van der Waals surface area contributed by atoms with Gasteiger partial charge < -0.3 is 9.64 Å². The SMILES string of the molecule is COc1ccc(C(CC(=O)N(C)C2CCS(=O)(=O)C2)C2CC2)cc1C. The maximum absolute atomic E-state index is 12.8. The minimum atomic E-state index is -2.98. The number of methoxy groups -OCH3 is 1. The summed E-state index contributed by atoms with van der Waals surface area (Å²) in [4.78, 5) is 14.4. The fourth-order valence-electron chi connectivity index (χ4n) is 3.80. The van der Waals surface area contributed by atoms with Crippen LogP contribution in [0.4, 0.5) is 0 Å². The molecule has 1 aromatic carbocycles. The number of rotatable bonds is 6. The van der Waals surface area contributed by atoms with Crippen molar-refractivity contribution in [2.24, 2.45) is 5.92 Å². The Bertz CT molecular complexity index is 755. The van der Waals surface area contributed by atoms with Crippen molar-refractivity contribution in [1.82, 2.24) is 4.90 Å². The molecule has 0 radical (unpaired) electrons. The summed E-state index contributed by atoms with van der Waals surface area (Å²) in [5.74, 6) is 1.96. The molecule has 1 aromatic rings. The van der Waals surface area contributed by atoms with Crippen molar-refractivity contribution in [3.05, 3.63) is 29.3 Å². The van der Waals surface area contributed by atoms with Crippen molar-refractivity contribution in [2.45, 2.75) is 44.6 Å². The lowest BCUT2D eigenvalue weighted by Crippen LogP contribution is -2.38. The van der Waals surface area contributed by atoms with Crippen molar-refractivity contribution in [2.75, 3.05) is 25.7 Å². The van der Waals surface area contributed by atoms with Gasteiger partial charge in [-0.05, 0) is 55.2 Å². The summed E-state index contributed by atoms with van der Waals surface area (Å²) in [6, 6.07) is 5.98. The van der Waals surface area contributed by atoms with Crippen LogP contribution < -0.4 is 4.74 Å². The molecule has 5 nitrogen and oxygen atoms in total. The molecule has 0 bridgehead atoms. The van der Waals surface area contributed by atoms with E-state index in [9.17, 15) is 13.2 Å². The molecule has 25 heavy (non-hydrogen) atoms. The molecule has 138 valence electrons. The summed E-state index contributed by atoms with van der Waals surface area (Å²) in [5.41, 5.74) is 2.26. The molecule has 0 spiro atoms. The summed E-state index contributed by atoms with van der Waals surface area (Å²) in [6.07, 6.45) is 3.32. The Labute approximate surface area is 150 Å². The maximum Gasteiger partial charge on any atom is 0.223 e. The molecule has 2 aliphatic rings. The van der Waals surface area contributed by atoms with Gasteiger partial charge in [-0.3, -0.25) is 4.79 Å². The highest BCUT2D eigenvalue weighted by Gasteiger charge is 2.37. The number of nitrogens with zero attached hydrogens (tertiary/aromatic N) is 1. The van der Waals surface area contributed by atoms with Gasteiger partial charge in [0.15, 0.2) is 9.84 Å². The molecule has 1 aliphatic carbocycles. The Morgan fingerprint density at radius 1 is 1.32 bits per heavy atom. The van der Waals surface area contributed by atoms with Gasteiger partial charge in [-0.25, -0.2) is 8.42 Å². The van der Waals surface area contributed by atoms with Crippen molar-refractivity contribution in [1.29, 1.82) is 0 Å². The average molecular weight is 365 g/mol. The van der Waals surface area contributed by atoms with Gasteiger partial charge in [0, 0.05) is 19.5 Å². The number of sulfone groups is 1. The molecule has 1 saturated carbocycles. The Morgan fingerprint density at radius 2 is 2.04 bits per heavy atom. The van der Waals surface area contributed by atoms with Crippen LogP contribution in [-0.2, 0) is 14.6 Å². The topological polar surface area (TPSA) is 63.7 Å². The highest BCUT2D eigenvalue weighted by atomic mass is 32.2. The third-order valence-corrected chi connectivity index (χ3v) is 7.33. The molecular formula is C19H27NO4S. The molecular weight excluding hydrogens is 338 g/mol. The van der Waals surface area contributed by atoms with Crippen LogP contribution in [0.3, 0.4) is 0 Å². The van der Waals surface area contributed by atoms with E-state index in [0.29, 0.717) is 18.8 Å². The number of benzene rings is 1. The highest BCUT2D eigenvalue weighted by Crippen LogP contribution is 2.45. The Kier molecular flexibility index (Phi) is 5.09. The first kappa shape index (κ1) is 18.2. The molecule has 3 rings (SSSR count). The van der Waals surface area contributed by atoms with E-state index in [1.807, 2.05) is 13.0 Å². The second kappa shape index (κ2) is 6.98. The Morgan fingerprint density at radius 3 is 2.56 bits per heavy atom. The van der Waals surface area contributed by atoms with Gasteiger partial charge in [0.25, 0.3) is 0 Å². The first-order chi connectivity index (χ1) is 11.8. The lowest BCUT2D eigenvalue weighted by atomic mass is 9.89. The van der Waals surface area contributed by atoms with Crippen LogP contribution in [0, 0.1) is 12.8 Å². The number of carbonyl (C=O) groups is 1. The second-order valence-corrected chi connectivity index (χ2v) is 9.67. The minimum Gasteiger partial charge on any atom is -0.496 e. The summed E-state index contributed by atoms with van der Waals surface area (Å²) < 4.78 is 28.7. The third kappa shape index (κ3) is 4.17. The quantitative estimate of drug-likeness (QED) is 0.777. The van der Waals surface area contributed by atoms with Gasteiger partial charge in [0.05, 0.1) is 18.6 Å². The fourth-order valence-corrected chi connectivity index (χ4v) is 5.58. The smallest absolute Gasteiger partial charge is 0.223 e. The van der Waals surface area contributed by atoms with E-state index in [1.54, 1.807) is 19.1 Å². The predicted octanol–water partition coefficient (Wildman–Crippen LogP) is 2.53. The number of amides is 1. The monoisotopic (exact) mass is 365 g/mol. The van der Waals surface area contributed by atoms with E-state index < -0.39 is 9.84 Å². The highest BCUT2D eigenvalue weighted by molar-refractivity contribution is 7.91. The van der Waals surface area contributed by atoms with E-state index in [-0.39, 0.29) is 29.4 Å². The van der Waals surface area contributed by atoms with Crippen molar-refractivity contribution in [3.8, 4) is 5.75 Å². The Hall–Kier alpha value is -1.56.